The fourth-order valence-electron chi connectivity index (χ4n) is 4.91. The van der Waals surface area contributed by atoms with Crippen molar-refractivity contribution in [1.29, 1.82) is 0 Å². The smallest absolute Gasteiger partial charge is 0.350 e. The van der Waals surface area contributed by atoms with Gasteiger partial charge in [-0.2, -0.15) is 0 Å². The van der Waals surface area contributed by atoms with Gasteiger partial charge in [-0.25, -0.2) is 9.37 Å². The summed E-state index contributed by atoms with van der Waals surface area (Å²) in [5, 5.41) is -1.38. The fourth-order valence-corrected chi connectivity index (χ4v) is 11.1. The Labute approximate surface area is 245 Å². The molecule has 0 spiro atoms. The van der Waals surface area contributed by atoms with Gasteiger partial charge >= 0.3 is 15.2 Å². The van der Waals surface area contributed by atoms with E-state index in [2.05, 4.69) is 9.97 Å². The highest BCUT2D eigenvalue weighted by Crippen LogP contribution is 2.82. The van der Waals surface area contributed by atoms with E-state index < -0.39 is 50.8 Å². The van der Waals surface area contributed by atoms with Gasteiger partial charge in [0.25, 0.3) is 0 Å². The average molecular weight is 623 g/mol. The fraction of sp³-hybridized carbons (Fsp3) is 0.517. The van der Waals surface area contributed by atoms with Crippen molar-refractivity contribution in [3.63, 3.8) is 0 Å². The minimum atomic E-state index is -4.02. The van der Waals surface area contributed by atoms with E-state index in [4.69, 9.17) is 27.2 Å². The largest absolute Gasteiger partial charge is 0.491 e. The number of benzene rings is 1. The van der Waals surface area contributed by atoms with Gasteiger partial charge in [0.1, 0.15) is 5.76 Å². The van der Waals surface area contributed by atoms with Crippen molar-refractivity contribution in [3.8, 4) is 17.2 Å². The Morgan fingerprint density at radius 3 is 2.07 bits per heavy atom. The van der Waals surface area contributed by atoms with Gasteiger partial charge in [-0.1, -0.05) is 6.07 Å². The summed E-state index contributed by atoms with van der Waals surface area (Å²) in [6, 6.07) is 7.68. The highest BCUT2D eigenvalue weighted by molar-refractivity contribution is 7.72. The van der Waals surface area contributed by atoms with Crippen LogP contribution in [0.5, 0.6) is 5.75 Å². The lowest BCUT2D eigenvalue weighted by molar-refractivity contribution is 0.187. The number of rotatable bonds is 11. The molecule has 10 nitrogen and oxygen atoms in total. The van der Waals surface area contributed by atoms with Crippen LogP contribution in [0.25, 0.3) is 11.5 Å². The molecule has 0 aliphatic carbocycles. The Hall–Kier alpha value is -2.39. The second-order valence-corrected chi connectivity index (χ2v) is 15.2. The van der Waals surface area contributed by atoms with Crippen LogP contribution in [0.1, 0.15) is 69.4 Å². The maximum Gasteiger partial charge on any atom is 0.350 e. The molecule has 2 unspecified atom stereocenters. The first-order valence-electron chi connectivity index (χ1n) is 14.2. The van der Waals surface area contributed by atoms with Crippen LogP contribution in [-0.2, 0) is 33.6 Å². The first kappa shape index (κ1) is 31.0. The van der Waals surface area contributed by atoms with E-state index in [0.717, 1.165) is 36.3 Å². The Balaban J connectivity index is 1.23. The van der Waals surface area contributed by atoms with Gasteiger partial charge in [-0.3, -0.25) is 14.1 Å². The van der Waals surface area contributed by atoms with Gasteiger partial charge in [0.15, 0.2) is 17.0 Å². The van der Waals surface area contributed by atoms with Crippen molar-refractivity contribution in [2.75, 3.05) is 6.61 Å². The lowest BCUT2D eigenvalue weighted by atomic mass is 10.1. The summed E-state index contributed by atoms with van der Waals surface area (Å²) in [6.45, 7) is 9.05. The van der Waals surface area contributed by atoms with Gasteiger partial charge in [0.05, 0.1) is 36.7 Å². The lowest BCUT2D eigenvalue weighted by Crippen LogP contribution is -2.13. The molecule has 0 amide bonds. The second kappa shape index (κ2) is 12.7. The molecule has 42 heavy (non-hydrogen) atoms. The number of oxazole rings is 1. The number of ether oxygens (including phenoxy) is 1. The third-order valence-electron chi connectivity index (χ3n) is 7.56. The molecule has 0 radical (unpaired) electrons. The van der Waals surface area contributed by atoms with E-state index in [1.807, 2.05) is 19.1 Å². The SMILES string of the molecule is Cc1oc(-c2ccncc2)nc1CCCCCOc1cc(C(P2(=O)O[C@@H](C)[C@@H](C)O2)P2(=O)O[C@@H](C)[C@@H](C)O2)ccc1F. The van der Waals surface area contributed by atoms with Crippen molar-refractivity contribution in [1.82, 2.24) is 9.97 Å². The van der Waals surface area contributed by atoms with E-state index in [9.17, 15) is 13.5 Å². The molecule has 0 bridgehead atoms. The molecule has 0 saturated carbocycles. The molecule has 2 aliphatic rings. The zero-order valence-electron chi connectivity index (χ0n) is 24.4. The molecule has 13 heteroatoms. The van der Waals surface area contributed by atoms with Crippen molar-refractivity contribution in [2.24, 2.45) is 0 Å². The van der Waals surface area contributed by atoms with Gasteiger partial charge in [0, 0.05) is 18.0 Å². The number of nitrogens with zero attached hydrogens (tertiary/aromatic N) is 2. The molecule has 2 aromatic heterocycles. The monoisotopic (exact) mass is 622 g/mol. The Bertz CT molecular complexity index is 1420. The molecule has 1 aromatic carbocycles. The first-order valence-corrected chi connectivity index (χ1v) is 17.4. The molecule has 0 N–H and O–H groups in total. The third kappa shape index (κ3) is 6.57. The van der Waals surface area contributed by atoms with Crippen LogP contribution in [0.15, 0.2) is 47.1 Å². The highest BCUT2D eigenvalue weighted by atomic mass is 31.2. The number of pyridine rings is 1. The molecule has 2 aliphatic heterocycles. The maximum absolute atomic E-state index is 14.8. The zero-order chi connectivity index (χ0) is 30.1. The van der Waals surface area contributed by atoms with Gasteiger partial charge < -0.3 is 27.2 Å². The first-order chi connectivity index (χ1) is 20.0. The molecule has 4 heterocycles. The summed E-state index contributed by atoms with van der Waals surface area (Å²) < 4.78 is 77.3. The van der Waals surface area contributed by atoms with Crippen LogP contribution in [0.3, 0.4) is 0 Å². The van der Waals surface area contributed by atoms with Crippen molar-refractivity contribution in [3.05, 3.63) is 65.6 Å². The summed E-state index contributed by atoms with van der Waals surface area (Å²) in [6.07, 6.45) is 4.47. The highest BCUT2D eigenvalue weighted by Gasteiger charge is 2.60. The molecular weight excluding hydrogens is 585 g/mol. The van der Waals surface area contributed by atoms with E-state index in [0.29, 0.717) is 12.3 Å². The van der Waals surface area contributed by atoms with E-state index in [1.54, 1.807) is 40.1 Å². The minimum Gasteiger partial charge on any atom is -0.491 e. The number of hydrogen-bond acceptors (Lipinski definition) is 10. The van der Waals surface area contributed by atoms with Crippen molar-refractivity contribution < 1.29 is 40.8 Å². The summed E-state index contributed by atoms with van der Waals surface area (Å²) in [4.78, 5) is 8.64. The number of halogens is 1. The maximum atomic E-state index is 14.8. The lowest BCUT2D eigenvalue weighted by Gasteiger charge is -2.26. The molecular formula is C29H37FN2O8P2. The van der Waals surface area contributed by atoms with Gasteiger partial charge in [-0.15, -0.1) is 0 Å². The normalized spacial score (nSPS) is 30.0. The van der Waals surface area contributed by atoms with Gasteiger partial charge in [0.2, 0.25) is 5.89 Å². The Morgan fingerprint density at radius 2 is 1.48 bits per heavy atom. The van der Waals surface area contributed by atoms with Crippen LogP contribution in [0, 0.1) is 12.7 Å². The average Bonchev–Trinajstić information content (AvgIpc) is 3.54. The number of aryl methyl sites for hydroxylation is 2. The molecule has 3 aromatic rings. The molecule has 6 atom stereocenters. The van der Waals surface area contributed by atoms with Crippen LogP contribution in [0.2, 0.25) is 0 Å². The van der Waals surface area contributed by atoms with Crippen LogP contribution in [0.4, 0.5) is 4.39 Å². The third-order valence-corrected chi connectivity index (χ3v) is 13.6. The number of unbranched alkanes of at least 4 members (excludes halogenated alkanes) is 2. The summed E-state index contributed by atoms with van der Waals surface area (Å²) in [5.41, 5.74) is 2.02. The van der Waals surface area contributed by atoms with Crippen LogP contribution < -0.4 is 4.74 Å². The quantitative estimate of drug-likeness (QED) is 0.154. The standard InChI is InChI=1S/C29H37FN2O8P2/c1-18-19(2)38-41(33,37-18)29(42(34)39-20(3)21(4)40-42)24-10-11-25(30)27(17-24)35-16-8-6-7-9-26-22(5)36-28(32-26)23-12-14-31-15-13-23/h10-15,17-21,29H,6-9,16H2,1-5H3/t18-,19+,20-,21+,29?,41?,42?. The molecule has 2 saturated heterocycles. The predicted molar refractivity (Wildman–Crippen MR) is 154 cm³/mol. The Morgan fingerprint density at radius 1 is 0.881 bits per heavy atom. The molecule has 2 fully saturated rings. The topological polar surface area (TPSA) is 119 Å². The second-order valence-electron chi connectivity index (χ2n) is 10.8. The Kier molecular flexibility index (Phi) is 9.38. The van der Waals surface area contributed by atoms with E-state index >= 15 is 0 Å². The summed E-state index contributed by atoms with van der Waals surface area (Å²) in [5.74, 6) is 0.704. The van der Waals surface area contributed by atoms with E-state index in [-0.39, 0.29) is 17.9 Å². The zero-order valence-corrected chi connectivity index (χ0v) is 26.2. The van der Waals surface area contributed by atoms with Crippen molar-refractivity contribution >= 4 is 15.2 Å². The number of aromatic nitrogens is 2. The summed E-state index contributed by atoms with van der Waals surface area (Å²) >= 11 is 0. The van der Waals surface area contributed by atoms with Crippen LogP contribution >= 0.6 is 15.2 Å². The minimum absolute atomic E-state index is 0.0503. The van der Waals surface area contributed by atoms with Crippen molar-refractivity contribution in [2.45, 2.75) is 90.1 Å². The van der Waals surface area contributed by atoms with E-state index in [1.165, 1.54) is 18.2 Å². The summed E-state index contributed by atoms with van der Waals surface area (Å²) in [7, 11) is -8.03. The van der Waals surface area contributed by atoms with Crippen LogP contribution in [-0.4, -0.2) is 41.0 Å². The molecule has 5 rings (SSSR count). The predicted octanol–water partition coefficient (Wildman–Crippen LogP) is 8.01. The molecule has 228 valence electrons. The number of hydrogen-bond donors (Lipinski definition) is 0. The van der Waals surface area contributed by atoms with Gasteiger partial charge in [-0.05, 0) is 90.1 Å².